The van der Waals surface area contributed by atoms with Crippen molar-refractivity contribution in [2.24, 2.45) is 4.99 Å². The summed E-state index contributed by atoms with van der Waals surface area (Å²) in [6.07, 6.45) is 8.30. The van der Waals surface area contributed by atoms with Gasteiger partial charge in [0.2, 0.25) is 0 Å². The molecule has 0 aromatic carbocycles. The fourth-order valence-electron chi connectivity index (χ4n) is 2.75. The second kappa shape index (κ2) is 4.02. The molecule has 0 atom stereocenters. The molecular weight excluding hydrogens is 212 g/mol. The van der Waals surface area contributed by atoms with Crippen LogP contribution in [-0.2, 0) is 0 Å². The molecular formula is C13H18N4. The molecule has 0 unspecified atom stereocenters. The molecule has 0 amide bonds. The highest BCUT2D eigenvalue weighted by Crippen LogP contribution is 2.35. The Bertz CT molecular complexity index is 478. The molecule has 0 bridgehead atoms. The molecule has 4 nitrogen and oxygen atoms in total. The normalized spacial score (nSPS) is 20.8. The maximum absolute atomic E-state index is 4.58. The molecule has 17 heavy (non-hydrogen) atoms. The van der Waals surface area contributed by atoms with Crippen LogP contribution in [0.25, 0.3) is 5.70 Å². The Morgan fingerprint density at radius 3 is 2.88 bits per heavy atom. The highest BCUT2D eigenvalue weighted by atomic mass is 15.3. The standard InChI is InChI=1S/C13H18N4/c1-9-12-8-14-17(11-6-4-3-5-7-11)13(12)16-10(2)15-9/h8,11H,1,3-7H2,2H3,(H,15,16). The van der Waals surface area contributed by atoms with E-state index in [2.05, 4.69) is 26.7 Å². The quantitative estimate of drug-likeness (QED) is 0.805. The Morgan fingerprint density at radius 1 is 1.35 bits per heavy atom. The predicted octanol–water partition coefficient (Wildman–Crippen LogP) is 3.01. The van der Waals surface area contributed by atoms with Crippen molar-refractivity contribution in [2.45, 2.75) is 45.1 Å². The molecule has 90 valence electrons. The van der Waals surface area contributed by atoms with Gasteiger partial charge in [-0.05, 0) is 19.8 Å². The molecule has 1 N–H and O–H groups in total. The summed E-state index contributed by atoms with van der Waals surface area (Å²) in [4.78, 5) is 4.58. The highest BCUT2D eigenvalue weighted by Gasteiger charge is 2.23. The van der Waals surface area contributed by atoms with Gasteiger partial charge in [-0.3, -0.25) is 0 Å². The summed E-state index contributed by atoms with van der Waals surface area (Å²) < 4.78 is 2.10. The first kappa shape index (κ1) is 10.6. The number of hydrogen-bond acceptors (Lipinski definition) is 3. The second-order valence-corrected chi connectivity index (χ2v) is 4.92. The van der Waals surface area contributed by atoms with Gasteiger partial charge in [0.05, 0.1) is 17.8 Å². The van der Waals surface area contributed by atoms with Crippen molar-refractivity contribution in [1.82, 2.24) is 15.1 Å². The first-order valence-electron chi connectivity index (χ1n) is 6.35. The smallest absolute Gasteiger partial charge is 0.162 e. The van der Waals surface area contributed by atoms with Crippen LogP contribution in [0.4, 0.5) is 5.82 Å². The third kappa shape index (κ3) is 1.77. The van der Waals surface area contributed by atoms with E-state index < -0.39 is 0 Å². The van der Waals surface area contributed by atoms with Gasteiger partial charge in [-0.2, -0.15) is 5.10 Å². The van der Waals surface area contributed by atoms with Crippen LogP contribution in [0.3, 0.4) is 0 Å². The molecule has 1 aliphatic heterocycles. The number of nitrogens with zero attached hydrogens (tertiary/aromatic N) is 3. The minimum atomic E-state index is 0.523. The van der Waals surface area contributed by atoms with E-state index in [9.17, 15) is 0 Å². The highest BCUT2D eigenvalue weighted by molar-refractivity contribution is 5.95. The molecule has 4 heteroatoms. The van der Waals surface area contributed by atoms with Gasteiger partial charge >= 0.3 is 0 Å². The van der Waals surface area contributed by atoms with Crippen LogP contribution in [0, 0.1) is 0 Å². The second-order valence-electron chi connectivity index (χ2n) is 4.92. The zero-order valence-electron chi connectivity index (χ0n) is 10.2. The minimum absolute atomic E-state index is 0.523. The van der Waals surface area contributed by atoms with E-state index in [-0.39, 0.29) is 0 Å². The SMILES string of the molecule is C=C1NC(C)=Nc2c1cnn2C1CCCCC1. The lowest BCUT2D eigenvalue weighted by Gasteiger charge is -2.24. The van der Waals surface area contributed by atoms with Gasteiger partial charge in [-0.15, -0.1) is 0 Å². The molecule has 3 rings (SSSR count). The van der Waals surface area contributed by atoms with Crippen molar-refractivity contribution in [3.63, 3.8) is 0 Å². The van der Waals surface area contributed by atoms with Gasteiger partial charge in [-0.25, -0.2) is 9.67 Å². The van der Waals surface area contributed by atoms with E-state index in [0.29, 0.717) is 6.04 Å². The predicted molar refractivity (Wildman–Crippen MR) is 69.3 cm³/mol. The Kier molecular flexibility index (Phi) is 2.50. The molecule has 2 heterocycles. The van der Waals surface area contributed by atoms with Gasteiger partial charge in [0.25, 0.3) is 0 Å². The van der Waals surface area contributed by atoms with E-state index in [0.717, 1.165) is 22.9 Å². The number of fused-ring (bicyclic) bond motifs is 1. The van der Waals surface area contributed by atoms with E-state index in [1.54, 1.807) is 0 Å². The lowest BCUT2D eigenvalue weighted by atomic mass is 9.95. The van der Waals surface area contributed by atoms with Gasteiger partial charge < -0.3 is 5.32 Å². The minimum Gasteiger partial charge on any atom is -0.344 e. The number of aliphatic imine (C=N–C) groups is 1. The third-order valence-corrected chi connectivity index (χ3v) is 3.62. The molecule has 1 fully saturated rings. The molecule has 0 saturated heterocycles. The first-order chi connectivity index (χ1) is 8.25. The molecule has 2 aliphatic rings. The van der Waals surface area contributed by atoms with E-state index in [4.69, 9.17) is 0 Å². The van der Waals surface area contributed by atoms with Gasteiger partial charge in [0.1, 0.15) is 5.84 Å². The van der Waals surface area contributed by atoms with Crippen LogP contribution in [0.2, 0.25) is 0 Å². The topological polar surface area (TPSA) is 42.2 Å². The number of amidine groups is 1. The van der Waals surface area contributed by atoms with Gasteiger partial charge in [0, 0.05) is 5.70 Å². The van der Waals surface area contributed by atoms with E-state index >= 15 is 0 Å². The summed E-state index contributed by atoms with van der Waals surface area (Å²) in [7, 11) is 0. The summed E-state index contributed by atoms with van der Waals surface area (Å²) in [5.74, 6) is 1.89. The van der Waals surface area contributed by atoms with Crippen molar-refractivity contribution in [2.75, 3.05) is 0 Å². The Hall–Kier alpha value is -1.58. The maximum atomic E-state index is 4.58. The van der Waals surface area contributed by atoms with Crippen LogP contribution in [0.15, 0.2) is 17.8 Å². The van der Waals surface area contributed by atoms with Crippen LogP contribution in [0.5, 0.6) is 0 Å². The third-order valence-electron chi connectivity index (χ3n) is 3.62. The van der Waals surface area contributed by atoms with Crippen molar-refractivity contribution < 1.29 is 0 Å². The maximum Gasteiger partial charge on any atom is 0.162 e. The zero-order valence-corrected chi connectivity index (χ0v) is 10.2. The number of hydrogen-bond donors (Lipinski definition) is 1. The molecule has 1 aromatic heterocycles. The summed E-state index contributed by atoms with van der Waals surface area (Å²) in [5, 5.41) is 7.67. The largest absolute Gasteiger partial charge is 0.344 e. The lowest BCUT2D eigenvalue weighted by molar-refractivity contribution is 0.332. The first-order valence-corrected chi connectivity index (χ1v) is 6.35. The summed E-state index contributed by atoms with van der Waals surface area (Å²) in [5.41, 5.74) is 1.95. The molecule has 1 aromatic rings. The summed E-state index contributed by atoms with van der Waals surface area (Å²) in [6, 6.07) is 0.523. The van der Waals surface area contributed by atoms with E-state index in [1.165, 1.54) is 32.1 Å². The summed E-state index contributed by atoms with van der Waals surface area (Å²) in [6.45, 7) is 5.98. The lowest BCUT2D eigenvalue weighted by Crippen LogP contribution is -2.22. The molecule has 1 aliphatic carbocycles. The summed E-state index contributed by atoms with van der Waals surface area (Å²) >= 11 is 0. The van der Waals surface area contributed by atoms with Crippen molar-refractivity contribution >= 4 is 17.4 Å². The number of nitrogens with one attached hydrogen (secondary N) is 1. The average molecular weight is 230 g/mol. The Labute approximate surface area is 101 Å². The number of aromatic nitrogens is 2. The van der Waals surface area contributed by atoms with Crippen LogP contribution in [-0.4, -0.2) is 15.6 Å². The average Bonchev–Trinajstić information content (AvgIpc) is 2.74. The fraction of sp³-hybridized carbons (Fsp3) is 0.538. The fourth-order valence-corrected chi connectivity index (χ4v) is 2.75. The van der Waals surface area contributed by atoms with E-state index in [1.807, 2.05) is 13.1 Å². The monoisotopic (exact) mass is 230 g/mol. The molecule has 0 radical (unpaired) electrons. The van der Waals surface area contributed by atoms with Crippen molar-refractivity contribution in [1.29, 1.82) is 0 Å². The molecule has 1 saturated carbocycles. The Morgan fingerprint density at radius 2 is 2.12 bits per heavy atom. The Balaban J connectivity index is 2.00. The van der Waals surface area contributed by atoms with Crippen LogP contribution >= 0.6 is 0 Å². The molecule has 0 spiro atoms. The van der Waals surface area contributed by atoms with Crippen LogP contribution < -0.4 is 5.32 Å². The zero-order chi connectivity index (χ0) is 11.8. The number of rotatable bonds is 1. The van der Waals surface area contributed by atoms with Crippen molar-refractivity contribution in [3.8, 4) is 0 Å². The van der Waals surface area contributed by atoms with Gasteiger partial charge in [0.15, 0.2) is 5.82 Å². The van der Waals surface area contributed by atoms with Crippen molar-refractivity contribution in [3.05, 3.63) is 18.3 Å². The van der Waals surface area contributed by atoms with Crippen LogP contribution in [0.1, 0.15) is 50.6 Å². The van der Waals surface area contributed by atoms with Gasteiger partial charge in [-0.1, -0.05) is 25.8 Å².